The van der Waals surface area contributed by atoms with Crippen LogP contribution in [0.3, 0.4) is 0 Å². The van der Waals surface area contributed by atoms with E-state index in [-0.39, 0.29) is 24.5 Å². The Morgan fingerprint density at radius 2 is 2.00 bits per heavy atom. The number of benzene rings is 1. The summed E-state index contributed by atoms with van der Waals surface area (Å²) in [4.78, 5) is 31.2. The summed E-state index contributed by atoms with van der Waals surface area (Å²) in [6, 6.07) is 8.03. The van der Waals surface area contributed by atoms with E-state index >= 15 is 0 Å². The van der Waals surface area contributed by atoms with Crippen molar-refractivity contribution < 1.29 is 19.1 Å². The summed E-state index contributed by atoms with van der Waals surface area (Å²) in [5.74, 6) is 1.72. The van der Waals surface area contributed by atoms with Crippen molar-refractivity contribution in [2.45, 2.75) is 50.9 Å². The number of likely N-dealkylation sites (tertiary alicyclic amines) is 2. The van der Waals surface area contributed by atoms with Gasteiger partial charge in [0.05, 0.1) is 12.6 Å². The summed E-state index contributed by atoms with van der Waals surface area (Å²) in [7, 11) is 0. The molecule has 0 aromatic heterocycles. The number of ether oxygens (including phenoxy) is 2. The predicted molar refractivity (Wildman–Crippen MR) is 111 cm³/mol. The van der Waals surface area contributed by atoms with Crippen LogP contribution in [0.25, 0.3) is 0 Å². The Kier molecular flexibility index (Phi) is 5.19. The van der Waals surface area contributed by atoms with Crippen LogP contribution in [0.15, 0.2) is 24.3 Å². The molecule has 7 heteroatoms. The van der Waals surface area contributed by atoms with Crippen molar-refractivity contribution in [2.24, 2.45) is 5.92 Å². The Labute approximate surface area is 177 Å². The summed E-state index contributed by atoms with van der Waals surface area (Å²) in [5.41, 5.74) is 0.632. The van der Waals surface area contributed by atoms with E-state index in [1.54, 1.807) is 0 Å². The fourth-order valence-corrected chi connectivity index (χ4v) is 5.55. The van der Waals surface area contributed by atoms with Crippen LogP contribution in [0.2, 0.25) is 0 Å². The molecule has 1 aromatic rings. The van der Waals surface area contributed by atoms with Crippen LogP contribution in [-0.2, 0) is 20.9 Å². The Hall–Kier alpha value is -2.12. The van der Waals surface area contributed by atoms with Gasteiger partial charge >= 0.3 is 0 Å². The van der Waals surface area contributed by atoms with Crippen molar-refractivity contribution in [3.05, 3.63) is 29.8 Å². The quantitative estimate of drug-likeness (QED) is 0.737. The van der Waals surface area contributed by atoms with Gasteiger partial charge in [0.1, 0.15) is 5.75 Å². The van der Waals surface area contributed by atoms with E-state index < -0.39 is 5.72 Å². The molecule has 4 saturated heterocycles. The smallest absolute Gasteiger partial charge is 0.260 e. The monoisotopic (exact) mass is 413 g/mol. The van der Waals surface area contributed by atoms with Crippen LogP contribution in [0.4, 0.5) is 0 Å². The van der Waals surface area contributed by atoms with Gasteiger partial charge in [-0.05, 0) is 24.8 Å². The molecule has 0 bridgehead atoms. The average Bonchev–Trinajstić information content (AvgIpc) is 3.39. The first-order valence-corrected chi connectivity index (χ1v) is 11.2. The molecule has 4 heterocycles. The minimum Gasteiger partial charge on any atom is -0.483 e. The molecule has 0 aliphatic carbocycles. The van der Waals surface area contributed by atoms with Crippen molar-refractivity contribution in [3.63, 3.8) is 0 Å². The number of rotatable bonds is 5. The zero-order valence-electron chi connectivity index (χ0n) is 17.7. The number of amides is 2. The summed E-state index contributed by atoms with van der Waals surface area (Å²) in [5, 5.41) is 0. The Balaban J connectivity index is 1.24. The first-order valence-electron chi connectivity index (χ1n) is 11.2. The number of para-hydroxylation sites is 1. The molecule has 7 nitrogen and oxygen atoms in total. The Bertz CT molecular complexity index is 822. The van der Waals surface area contributed by atoms with Crippen LogP contribution >= 0.6 is 0 Å². The number of hydrogen-bond acceptors (Lipinski definition) is 5. The van der Waals surface area contributed by atoms with Gasteiger partial charge in [-0.25, -0.2) is 0 Å². The topological polar surface area (TPSA) is 62.3 Å². The highest BCUT2D eigenvalue weighted by Crippen LogP contribution is 2.46. The standard InChI is InChI=1S/C23H31N3O4/c1-17-6-9-24(10-7-17)22(28)16-29-19-5-3-2-4-18(19)15-25-11-8-23-20(25)14-21(27)26(23)12-13-30-23/h2-5,17,20H,6-16H2,1H3/t20-,23+/m1/s1. The van der Waals surface area contributed by atoms with E-state index in [2.05, 4.69) is 17.9 Å². The molecule has 162 valence electrons. The molecule has 4 aliphatic rings. The predicted octanol–water partition coefficient (Wildman–Crippen LogP) is 1.86. The van der Waals surface area contributed by atoms with Gasteiger partial charge in [-0.15, -0.1) is 0 Å². The summed E-state index contributed by atoms with van der Waals surface area (Å²) < 4.78 is 12.1. The lowest BCUT2D eigenvalue weighted by Crippen LogP contribution is -2.47. The van der Waals surface area contributed by atoms with E-state index in [1.807, 2.05) is 28.0 Å². The lowest BCUT2D eigenvalue weighted by Gasteiger charge is -2.32. The van der Waals surface area contributed by atoms with Gasteiger partial charge in [0.15, 0.2) is 12.3 Å². The largest absolute Gasteiger partial charge is 0.483 e. The zero-order valence-corrected chi connectivity index (χ0v) is 17.7. The molecule has 2 amide bonds. The summed E-state index contributed by atoms with van der Waals surface area (Å²) >= 11 is 0. The van der Waals surface area contributed by atoms with Gasteiger partial charge in [-0.2, -0.15) is 0 Å². The third-order valence-corrected chi connectivity index (χ3v) is 7.35. The second-order valence-corrected chi connectivity index (χ2v) is 9.14. The molecule has 1 aromatic carbocycles. The maximum Gasteiger partial charge on any atom is 0.260 e. The fourth-order valence-electron chi connectivity index (χ4n) is 5.55. The van der Waals surface area contributed by atoms with Crippen molar-refractivity contribution in [1.29, 1.82) is 0 Å². The van der Waals surface area contributed by atoms with Gasteiger partial charge in [-0.3, -0.25) is 14.5 Å². The van der Waals surface area contributed by atoms with Crippen LogP contribution in [-0.4, -0.2) is 77.7 Å². The molecule has 5 rings (SSSR count). The highest BCUT2D eigenvalue weighted by molar-refractivity contribution is 5.81. The highest BCUT2D eigenvalue weighted by atomic mass is 16.5. The third kappa shape index (κ3) is 3.38. The minimum absolute atomic E-state index is 0.0632. The molecular weight excluding hydrogens is 382 g/mol. The van der Waals surface area contributed by atoms with Gasteiger partial charge in [0.25, 0.3) is 5.91 Å². The second kappa shape index (κ2) is 7.85. The number of nitrogens with zero attached hydrogens (tertiary/aromatic N) is 3. The lowest BCUT2D eigenvalue weighted by atomic mass is 9.99. The van der Waals surface area contributed by atoms with Crippen LogP contribution in [0.1, 0.15) is 38.2 Å². The third-order valence-electron chi connectivity index (χ3n) is 7.35. The molecule has 0 radical (unpaired) electrons. The number of hydrogen-bond donors (Lipinski definition) is 0. The first-order chi connectivity index (χ1) is 14.6. The maximum absolute atomic E-state index is 12.6. The molecule has 0 N–H and O–H groups in total. The molecule has 30 heavy (non-hydrogen) atoms. The van der Waals surface area contributed by atoms with E-state index in [4.69, 9.17) is 9.47 Å². The Morgan fingerprint density at radius 1 is 1.20 bits per heavy atom. The van der Waals surface area contributed by atoms with Crippen LogP contribution in [0.5, 0.6) is 5.75 Å². The van der Waals surface area contributed by atoms with Gasteiger partial charge in [0.2, 0.25) is 5.91 Å². The Morgan fingerprint density at radius 3 is 2.83 bits per heavy atom. The van der Waals surface area contributed by atoms with E-state index in [0.717, 1.165) is 50.2 Å². The number of piperidine rings is 1. The molecule has 1 spiro atoms. The summed E-state index contributed by atoms with van der Waals surface area (Å²) in [6.45, 7) is 6.91. The molecule has 2 atom stereocenters. The van der Waals surface area contributed by atoms with Crippen molar-refractivity contribution >= 4 is 11.8 Å². The minimum atomic E-state index is -0.422. The fraction of sp³-hybridized carbons (Fsp3) is 0.652. The van der Waals surface area contributed by atoms with Crippen molar-refractivity contribution in [2.75, 3.05) is 39.4 Å². The highest BCUT2D eigenvalue weighted by Gasteiger charge is 2.61. The molecule has 4 aliphatic heterocycles. The summed E-state index contributed by atoms with van der Waals surface area (Å²) in [6.07, 6.45) is 3.52. The second-order valence-electron chi connectivity index (χ2n) is 9.14. The van der Waals surface area contributed by atoms with Crippen LogP contribution in [0, 0.1) is 5.92 Å². The molecule has 0 saturated carbocycles. The zero-order chi connectivity index (χ0) is 20.7. The van der Waals surface area contributed by atoms with E-state index in [0.29, 0.717) is 32.0 Å². The van der Waals surface area contributed by atoms with Crippen molar-refractivity contribution in [1.82, 2.24) is 14.7 Å². The maximum atomic E-state index is 12.6. The van der Waals surface area contributed by atoms with E-state index in [9.17, 15) is 9.59 Å². The van der Waals surface area contributed by atoms with Crippen LogP contribution < -0.4 is 4.74 Å². The van der Waals surface area contributed by atoms with Gasteiger partial charge < -0.3 is 19.3 Å². The number of carbonyl (C=O) groups is 2. The molecule has 4 fully saturated rings. The normalized spacial score (nSPS) is 29.4. The SMILES string of the molecule is CC1CCN(C(=O)COc2ccccc2CN2CC[C@@]34OCCN3C(=O)C[C@@H]24)CC1. The number of carbonyl (C=O) groups excluding carboxylic acids is 2. The lowest BCUT2D eigenvalue weighted by molar-refractivity contribution is -0.136. The van der Waals surface area contributed by atoms with Gasteiger partial charge in [0, 0.05) is 51.1 Å². The first kappa shape index (κ1) is 19.8. The average molecular weight is 414 g/mol. The molecular formula is C23H31N3O4. The molecule has 0 unspecified atom stereocenters. The van der Waals surface area contributed by atoms with Crippen molar-refractivity contribution in [3.8, 4) is 5.75 Å². The van der Waals surface area contributed by atoms with E-state index in [1.165, 1.54) is 0 Å². The van der Waals surface area contributed by atoms with Gasteiger partial charge in [-0.1, -0.05) is 25.1 Å².